The predicted octanol–water partition coefficient (Wildman–Crippen LogP) is 3.72. The maximum Gasteiger partial charge on any atom is 0.491 e. The largest absolute Gasteiger partial charge is 0.491 e. The molecule has 2 heterocycles. The summed E-state index contributed by atoms with van der Waals surface area (Å²) in [5.74, 6) is -3.88. The number of rotatable bonds is 7. The average molecular weight is 530 g/mol. The van der Waals surface area contributed by atoms with Crippen molar-refractivity contribution in [1.29, 1.82) is 0 Å². The molecule has 0 aromatic heterocycles. The monoisotopic (exact) mass is 529 g/mol. The third kappa shape index (κ3) is 6.03. The lowest BCUT2D eigenvalue weighted by molar-refractivity contribution is -0.189. The quantitative estimate of drug-likeness (QED) is 0.413. The Morgan fingerprint density at radius 2 is 1.89 bits per heavy atom. The predicted molar refractivity (Wildman–Crippen MR) is 121 cm³/mol. The minimum absolute atomic E-state index is 0.236. The molecule has 2 N–H and O–H groups in total. The number of carbonyl (C=O) groups excluding carboxylic acids is 1. The third-order valence-electron chi connectivity index (χ3n) is 6.15. The molecule has 1 spiro atoms. The number of fused-ring (bicyclic) bond motifs is 1. The number of carboxylic acids is 1. The van der Waals surface area contributed by atoms with E-state index in [9.17, 15) is 33.0 Å². The van der Waals surface area contributed by atoms with Gasteiger partial charge in [0, 0.05) is 50.0 Å². The van der Waals surface area contributed by atoms with E-state index in [0.29, 0.717) is 18.1 Å². The highest BCUT2D eigenvalue weighted by atomic mass is 35.5. The van der Waals surface area contributed by atoms with Gasteiger partial charge >= 0.3 is 18.1 Å². The van der Waals surface area contributed by atoms with Crippen LogP contribution in [-0.4, -0.2) is 71.2 Å². The molecule has 194 valence electrons. The number of nitrogens with zero attached hydrogens (tertiary/aromatic N) is 1. The highest BCUT2D eigenvalue weighted by Crippen LogP contribution is 2.42. The summed E-state index contributed by atoms with van der Waals surface area (Å²) in [6.07, 6.45) is -3.99. The third-order valence-corrected chi connectivity index (χ3v) is 6.39. The molecular formula is C24H23ClF3NO7. The van der Waals surface area contributed by atoms with Crippen molar-refractivity contribution in [3.05, 3.63) is 52.5 Å². The van der Waals surface area contributed by atoms with E-state index >= 15 is 0 Å². The van der Waals surface area contributed by atoms with Crippen molar-refractivity contribution in [3.8, 4) is 17.2 Å². The second kappa shape index (κ2) is 10.2. The lowest BCUT2D eigenvalue weighted by Crippen LogP contribution is -2.49. The van der Waals surface area contributed by atoms with Crippen LogP contribution in [0.5, 0.6) is 17.2 Å². The first-order valence-corrected chi connectivity index (χ1v) is 11.5. The van der Waals surface area contributed by atoms with E-state index in [-0.39, 0.29) is 30.1 Å². The molecule has 0 radical (unpaired) electrons. The molecule has 8 nitrogen and oxygen atoms in total. The first-order valence-electron chi connectivity index (χ1n) is 11.1. The summed E-state index contributed by atoms with van der Waals surface area (Å²) in [4.78, 5) is 24.5. The number of carbonyl (C=O) groups is 2. The fourth-order valence-electron chi connectivity index (χ4n) is 4.39. The highest BCUT2D eigenvalue weighted by Gasteiger charge is 2.43. The molecule has 2 aromatic rings. The van der Waals surface area contributed by atoms with Crippen LogP contribution in [0.1, 0.15) is 28.8 Å². The Labute approximate surface area is 209 Å². The summed E-state index contributed by atoms with van der Waals surface area (Å²) in [6, 6.07) is 8.30. The standard InChI is InChI=1S/C24H23ClF3NO7/c25-15-1-4-19-14(9-15)11-23(36-19)5-7-29(8-6-23)12-16(30)13-34-20-10-17(2-3-18(20)21(31)32)35-22(33)24(26,27)28/h1-4,9-10,16,30H,5-8,11-13H2,(H,31,32)/t16-/m0/s1. The average Bonchev–Trinajstić information content (AvgIpc) is 3.15. The maximum atomic E-state index is 12.5. The van der Waals surface area contributed by atoms with Crippen molar-refractivity contribution in [2.75, 3.05) is 26.2 Å². The Morgan fingerprint density at radius 1 is 1.17 bits per heavy atom. The molecular weight excluding hydrogens is 507 g/mol. The SMILES string of the molecule is O=C(O)c1ccc(OC(=O)C(F)(F)F)cc1OC[C@@H](O)CN1CCC2(CC1)Cc1cc(Cl)ccc1O2. The molecule has 1 atom stereocenters. The maximum absolute atomic E-state index is 12.5. The van der Waals surface area contributed by atoms with E-state index in [4.69, 9.17) is 21.1 Å². The van der Waals surface area contributed by atoms with Crippen LogP contribution in [-0.2, 0) is 11.2 Å². The summed E-state index contributed by atoms with van der Waals surface area (Å²) < 4.78 is 53.2. The summed E-state index contributed by atoms with van der Waals surface area (Å²) in [7, 11) is 0. The minimum Gasteiger partial charge on any atom is -0.490 e. The first kappa shape index (κ1) is 26.1. The number of hydrogen-bond donors (Lipinski definition) is 2. The number of alkyl halides is 3. The van der Waals surface area contributed by atoms with Crippen molar-refractivity contribution in [1.82, 2.24) is 4.90 Å². The number of hydrogen-bond acceptors (Lipinski definition) is 7. The minimum atomic E-state index is -5.21. The van der Waals surface area contributed by atoms with Gasteiger partial charge in [-0.1, -0.05) is 11.6 Å². The van der Waals surface area contributed by atoms with Gasteiger partial charge in [-0.15, -0.1) is 0 Å². The van der Waals surface area contributed by atoms with Crippen LogP contribution in [0, 0.1) is 0 Å². The Hall–Kier alpha value is -3.02. The van der Waals surface area contributed by atoms with Gasteiger partial charge in [-0.3, -0.25) is 0 Å². The number of halogens is 4. The number of β-amino-alcohol motifs (C(OH)–C–C–N with tert-alkyl or cyclic N) is 1. The summed E-state index contributed by atoms with van der Waals surface area (Å²) in [5, 5.41) is 20.4. The smallest absolute Gasteiger partial charge is 0.490 e. The van der Waals surface area contributed by atoms with Crippen molar-refractivity contribution in [2.24, 2.45) is 0 Å². The number of benzene rings is 2. The molecule has 12 heteroatoms. The van der Waals surface area contributed by atoms with Crippen molar-refractivity contribution in [3.63, 3.8) is 0 Å². The number of likely N-dealkylation sites (tertiary alicyclic amines) is 1. The second-order valence-corrected chi connectivity index (χ2v) is 9.27. The second-order valence-electron chi connectivity index (χ2n) is 8.83. The number of esters is 1. The van der Waals surface area contributed by atoms with Gasteiger partial charge in [-0.05, 0) is 35.9 Å². The summed E-state index contributed by atoms with van der Waals surface area (Å²) >= 11 is 6.08. The van der Waals surface area contributed by atoms with E-state index in [1.807, 2.05) is 17.0 Å². The van der Waals surface area contributed by atoms with E-state index in [0.717, 1.165) is 48.8 Å². The Balaban J connectivity index is 1.31. The Kier molecular flexibility index (Phi) is 7.35. The number of ether oxygens (including phenoxy) is 3. The first-order chi connectivity index (χ1) is 16.9. The molecule has 2 aromatic carbocycles. The van der Waals surface area contributed by atoms with Crippen molar-refractivity contribution < 1.29 is 47.2 Å². The molecule has 0 saturated carbocycles. The molecule has 1 fully saturated rings. The van der Waals surface area contributed by atoms with E-state index in [1.54, 1.807) is 6.07 Å². The molecule has 0 aliphatic carbocycles. The molecule has 2 aliphatic heterocycles. The number of piperidine rings is 1. The van der Waals surface area contributed by atoms with Gasteiger partial charge in [0.2, 0.25) is 0 Å². The van der Waals surface area contributed by atoms with Gasteiger partial charge in [-0.25, -0.2) is 9.59 Å². The van der Waals surface area contributed by atoms with Gasteiger partial charge in [0.05, 0.1) is 0 Å². The van der Waals surface area contributed by atoms with E-state index in [1.165, 1.54) is 0 Å². The molecule has 0 unspecified atom stereocenters. The van der Waals surface area contributed by atoms with Crippen LogP contribution >= 0.6 is 11.6 Å². The van der Waals surface area contributed by atoms with E-state index < -0.39 is 30.0 Å². The van der Waals surface area contributed by atoms with Gasteiger partial charge < -0.3 is 29.3 Å². The van der Waals surface area contributed by atoms with Gasteiger partial charge in [0.1, 0.15) is 41.1 Å². The lowest BCUT2D eigenvalue weighted by atomic mass is 9.87. The van der Waals surface area contributed by atoms with Crippen LogP contribution in [0.25, 0.3) is 0 Å². The van der Waals surface area contributed by atoms with Gasteiger partial charge in [0.25, 0.3) is 0 Å². The lowest BCUT2D eigenvalue weighted by Gasteiger charge is -2.39. The van der Waals surface area contributed by atoms with Gasteiger partial charge in [0.15, 0.2) is 0 Å². The Bertz CT molecular complexity index is 1150. The molecule has 2 aliphatic rings. The summed E-state index contributed by atoms with van der Waals surface area (Å²) in [5.41, 5.74) is 0.407. The molecule has 1 saturated heterocycles. The molecule has 36 heavy (non-hydrogen) atoms. The fourth-order valence-corrected chi connectivity index (χ4v) is 4.58. The number of carboxylic acid groups (broad SMARTS) is 1. The zero-order chi connectivity index (χ0) is 26.1. The van der Waals surface area contributed by atoms with Crippen molar-refractivity contribution >= 4 is 23.5 Å². The molecule has 0 bridgehead atoms. The zero-order valence-electron chi connectivity index (χ0n) is 18.9. The molecule has 4 rings (SSSR count). The van der Waals surface area contributed by atoms with Crippen LogP contribution in [0.2, 0.25) is 5.02 Å². The topological polar surface area (TPSA) is 106 Å². The van der Waals surface area contributed by atoms with Gasteiger partial charge in [-0.2, -0.15) is 13.2 Å². The normalized spacial score (nSPS) is 17.8. The Morgan fingerprint density at radius 3 is 2.56 bits per heavy atom. The van der Waals surface area contributed by atoms with E-state index in [2.05, 4.69) is 4.74 Å². The van der Waals surface area contributed by atoms with Crippen LogP contribution in [0.15, 0.2) is 36.4 Å². The number of aromatic carboxylic acids is 1. The van der Waals surface area contributed by atoms with Crippen LogP contribution in [0.4, 0.5) is 13.2 Å². The highest BCUT2D eigenvalue weighted by molar-refractivity contribution is 6.30. The summed E-state index contributed by atoms with van der Waals surface area (Å²) in [6.45, 7) is 1.23. The zero-order valence-corrected chi connectivity index (χ0v) is 19.6. The fraction of sp³-hybridized carbons (Fsp3) is 0.417. The van der Waals surface area contributed by atoms with Crippen LogP contribution in [0.3, 0.4) is 0 Å². The number of aliphatic hydroxyl groups excluding tert-OH is 1. The van der Waals surface area contributed by atoms with Crippen molar-refractivity contribution in [2.45, 2.75) is 37.1 Å². The number of aliphatic hydroxyl groups is 1. The van der Waals surface area contributed by atoms with Crippen LogP contribution < -0.4 is 14.2 Å². The molecule has 0 amide bonds.